The maximum Gasteiger partial charge on any atom is 0.265 e. The van der Waals surface area contributed by atoms with E-state index < -0.39 is 24.9 Å². The molecule has 4 rings (SSSR count). The lowest BCUT2D eigenvalue weighted by atomic mass is 10.1. The number of morpholine rings is 1. The lowest BCUT2D eigenvalue weighted by Gasteiger charge is -2.37. The number of ether oxygens (including phenoxy) is 2. The SMILES string of the molecule is CC1CN(c2ccc(NC(=O)[C@H](CC(F)F)Oc3ccc(Cl)cc3)c(-c3nn[nH]n3)c2)C[C@H](C)O1. The molecule has 1 saturated heterocycles. The van der Waals surface area contributed by atoms with Crippen LogP contribution in [0.15, 0.2) is 42.5 Å². The monoisotopic (exact) mass is 506 g/mol. The molecule has 3 atom stereocenters. The van der Waals surface area contributed by atoms with Gasteiger partial charge in [-0.05, 0) is 61.5 Å². The van der Waals surface area contributed by atoms with E-state index in [2.05, 4.69) is 30.8 Å². The summed E-state index contributed by atoms with van der Waals surface area (Å²) in [6.07, 6.45) is -4.87. The number of aromatic nitrogens is 4. The van der Waals surface area contributed by atoms with Gasteiger partial charge >= 0.3 is 0 Å². The first-order valence-corrected chi connectivity index (χ1v) is 11.5. The number of nitrogens with zero attached hydrogens (tertiary/aromatic N) is 4. The summed E-state index contributed by atoms with van der Waals surface area (Å²) in [6.45, 7) is 5.38. The van der Waals surface area contributed by atoms with Gasteiger partial charge in [-0.15, -0.1) is 10.2 Å². The summed E-state index contributed by atoms with van der Waals surface area (Å²) < 4.78 is 37.9. The molecule has 1 fully saturated rings. The summed E-state index contributed by atoms with van der Waals surface area (Å²) in [6, 6.07) is 11.5. The Morgan fingerprint density at radius 2 is 1.94 bits per heavy atom. The van der Waals surface area contributed by atoms with Gasteiger partial charge in [-0.2, -0.15) is 5.21 Å². The number of amides is 1. The fourth-order valence-corrected chi connectivity index (χ4v) is 4.07. The molecule has 2 heterocycles. The summed E-state index contributed by atoms with van der Waals surface area (Å²) in [7, 11) is 0. The van der Waals surface area contributed by atoms with Crippen LogP contribution in [0.2, 0.25) is 5.02 Å². The minimum atomic E-state index is -2.75. The summed E-state index contributed by atoms with van der Waals surface area (Å²) in [5.41, 5.74) is 1.71. The number of benzene rings is 2. The smallest absolute Gasteiger partial charge is 0.265 e. The standard InChI is InChI=1S/C23H25ClF2N6O3/c1-13-11-32(12-14(2)34-13)16-5-8-19(18(9-16)22-28-30-31-29-22)27-23(33)20(10-21(25)26)35-17-6-3-15(24)4-7-17/h3-9,13-14,20-21H,10-12H2,1-2H3,(H,27,33)(H,28,29,30,31)/t13-,14?,20-/m0/s1. The number of rotatable bonds is 8. The Labute approximate surface area is 205 Å². The van der Waals surface area contributed by atoms with Gasteiger partial charge in [-0.1, -0.05) is 11.6 Å². The fraction of sp³-hybridized carbons (Fsp3) is 0.391. The number of aromatic amines is 1. The molecule has 0 bridgehead atoms. The van der Waals surface area contributed by atoms with E-state index in [9.17, 15) is 13.6 Å². The summed E-state index contributed by atoms with van der Waals surface area (Å²) >= 11 is 5.87. The molecule has 35 heavy (non-hydrogen) atoms. The van der Waals surface area contributed by atoms with Crippen molar-refractivity contribution in [3.63, 3.8) is 0 Å². The van der Waals surface area contributed by atoms with Crippen LogP contribution in [0.25, 0.3) is 11.4 Å². The molecule has 0 saturated carbocycles. The van der Waals surface area contributed by atoms with Gasteiger partial charge in [0.1, 0.15) is 5.75 Å². The molecule has 1 amide bonds. The van der Waals surface area contributed by atoms with Crippen molar-refractivity contribution in [2.45, 2.75) is 45.0 Å². The van der Waals surface area contributed by atoms with Crippen LogP contribution in [0.1, 0.15) is 20.3 Å². The Hall–Kier alpha value is -3.31. The van der Waals surface area contributed by atoms with Crippen LogP contribution >= 0.6 is 11.6 Å². The number of halogens is 3. The first kappa shape index (κ1) is 24.8. The fourth-order valence-electron chi connectivity index (χ4n) is 3.95. The predicted molar refractivity (Wildman–Crippen MR) is 127 cm³/mol. The van der Waals surface area contributed by atoms with Gasteiger partial charge in [-0.3, -0.25) is 4.79 Å². The molecule has 0 aliphatic carbocycles. The van der Waals surface area contributed by atoms with Crippen LogP contribution in [-0.2, 0) is 9.53 Å². The van der Waals surface area contributed by atoms with Crippen LogP contribution < -0.4 is 15.0 Å². The number of nitrogens with one attached hydrogen (secondary N) is 2. The molecule has 1 aromatic heterocycles. The highest BCUT2D eigenvalue weighted by atomic mass is 35.5. The number of alkyl halides is 2. The highest BCUT2D eigenvalue weighted by molar-refractivity contribution is 6.30. The number of carbonyl (C=O) groups excluding carboxylic acids is 1. The Morgan fingerprint density at radius 1 is 1.23 bits per heavy atom. The van der Waals surface area contributed by atoms with Crippen molar-refractivity contribution >= 4 is 28.9 Å². The van der Waals surface area contributed by atoms with Gasteiger partial charge in [-0.25, -0.2) is 8.78 Å². The number of carbonyl (C=O) groups is 1. The topological polar surface area (TPSA) is 105 Å². The van der Waals surface area contributed by atoms with Crippen molar-refractivity contribution < 1.29 is 23.0 Å². The number of hydrogen-bond donors (Lipinski definition) is 2. The molecule has 3 aromatic rings. The highest BCUT2D eigenvalue weighted by Gasteiger charge is 2.27. The van der Waals surface area contributed by atoms with Crippen molar-refractivity contribution in [2.24, 2.45) is 0 Å². The lowest BCUT2D eigenvalue weighted by molar-refractivity contribution is -0.124. The predicted octanol–water partition coefficient (Wildman–Crippen LogP) is 4.18. The largest absolute Gasteiger partial charge is 0.480 e. The minimum absolute atomic E-state index is 0.0480. The summed E-state index contributed by atoms with van der Waals surface area (Å²) in [4.78, 5) is 15.2. The normalized spacial score (nSPS) is 19.0. The number of anilines is 2. The molecule has 0 spiro atoms. The third-order valence-electron chi connectivity index (χ3n) is 5.41. The zero-order valence-electron chi connectivity index (χ0n) is 19.1. The van der Waals surface area contributed by atoms with Crippen LogP contribution in [0, 0.1) is 0 Å². The second-order valence-corrected chi connectivity index (χ2v) is 8.74. The molecule has 9 nitrogen and oxygen atoms in total. The quantitative estimate of drug-likeness (QED) is 0.472. The number of H-pyrrole nitrogens is 1. The van der Waals surface area contributed by atoms with E-state index in [4.69, 9.17) is 21.1 Å². The molecule has 1 aliphatic rings. The third kappa shape index (κ3) is 6.43. The summed E-state index contributed by atoms with van der Waals surface area (Å²) in [5, 5.41) is 17.2. The highest BCUT2D eigenvalue weighted by Crippen LogP contribution is 2.32. The Bertz CT molecular complexity index is 1120. The molecule has 1 unspecified atom stereocenters. The number of tetrazole rings is 1. The second-order valence-electron chi connectivity index (χ2n) is 8.30. The number of hydrogen-bond acceptors (Lipinski definition) is 7. The second kappa shape index (κ2) is 11.0. The third-order valence-corrected chi connectivity index (χ3v) is 5.66. The van der Waals surface area contributed by atoms with E-state index in [-0.39, 0.29) is 23.8 Å². The first-order chi connectivity index (χ1) is 16.8. The van der Waals surface area contributed by atoms with Crippen molar-refractivity contribution in [1.29, 1.82) is 0 Å². The Balaban J connectivity index is 1.59. The average molecular weight is 507 g/mol. The minimum Gasteiger partial charge on any atom is -0.480 e. The molecule has 2 N–H and O–H groups in total. The molecule has 186 valence electrons. The van der Waals surface area contributed by atoms with Crippen molar-refractivity contribution in [3.05, 3.63) is 47.5 Å². The van der Waals surface area contributed by atoms with Crippen LogP contribution in [0.3, 0.4) is 0 Å². The molecular weight excluding hydrogens is 482 g/mol. The van der Waals surface area contributed by atoms with Crippen LogP contribution in [0.4, 0.5) is 20.2 Å². The van der Waals surface area contributed by atoms with Crippen molar-refractivity contribution in [2.75, 3.05) is 23.3 Å². The zero-order valence-corrected chi connectivity index (χ0v) is 19.9. The zero-order chi connectivity index (χ0) is 24.9. The molecular formula is C23H25ClF2N6O3. The maximum atomic E-state index is 13.2. The van der Waals surface area contributed by atoms with E-state index >= 15 is 0 Å². The molecule has 2 aromatic carbocycles. The van der Waals surface area contributed by atoms with Crippen molar-refractivity contribution in [1.82, 2.24) is 20.6 Å². The van der Waals surface area contributed by atoms with Crippen LogP contribution in [-0.4, -0.2) is 64.4 Å². The summed E-state index contributed by atoms with van der Waals surface area (Å²) in [5.74, 6) is -0.230. The first-order valence-electron chi connectivity index (χ1n) is 11.1. The van der Waals surface area contributed by atoms with Gasteiger partial charge in [0.15, 0.2) is 6.10 Å². The van der Waals surface area contributed by atoms with E-state index in [1.54, 1.807) is 18.2 Å². The molecule has 1 aliphatic heterocycles. The van der Waals surface area contributed by atoms with Gasteiger partial charge in [0.25, 0.3) is 5.91 Å². The Kier molecular flexibility index (Phi) is 7.76. The molecule has 12 heteroatoms. The van der Waals surface area contributed by atoms with Crippen LogP contribution in [0.5, 0.6) is 5.75 Å². The van der Waals surface area contributed by atoms with E-state index in [1.165, 1.54) is 12.1 Å². The van der Waals surface area contributed by atoms with E-state index in [0.717, 1.165) is 5.69 Å². The van der Waals surface area contributed by atoms with E-state index in [1.807, 2.05) is 26.0 Å². The van der Waals surface area contributed by atoms with Gasteiger partial charge in [0, 0.05) is 29.4 Å². The average Bonchev–Trinajstić information content (AvgIpc) is 3.34. The Morgan fingerprint density at radius 3 is 2.57 bits per heavy atom. The van der Waals surface area contributed by atoms with Gasteiger partial charge in [0.05, 0.1) is 24.3 Å². The lowest BCUT2D eigenvalue weighted by Crippen LogP contribution is -2.45. The van der Waals surface area contributed by atoms with Crippen molar-refractivity contribution in [3.8, 4) is 17.1 Å². The van der Waals surface area contributed by atoms with Gasteiger partial charge in [0.2, 0.25) is 12.2 Å². The van der Waals surface area contributed by atoms with Gasteiger partial charge < -0.3 is 19.7 Å². The molecule has 0 radical (unpaired) electrons. The maximum absolute atomic E-state index is 13.2. The van der Waals surface area contributed by atoms with E-state index in [0.29, 0.717) is 29.4 Å².